The van der Waals surface area contributed by atoms with Crippen molar-refractivity contribution in [1.29, 1.82) is 0 Å². The van der Waals surface area contributed by atoms with Crippen LogP contribution >= 0.6 is 0 Å². The summed E-state index contributed by atoms with van der Waals surface area (Å²) in [5.41, 5.74) is 0. The predicted molar refractivity (Wildman–Crippen MR) is 55.3 cm³/mol. The molecule has 5 nitrogen and oxygen atoms in total. The lowest BCUT2D eigenvalue weighted by atomic mass is 10.4. The van der Waals surface area contributed by atoms with Crippen molar-refractivity contribution >= 4 is 11.9 Å². The Labute approximate surface area is 89.3 Å². The highest BCUT2D eigenvalue weighted by Gasteiger charge is 2.12. The minimum Gasteiger partial charge on any atom is -0.478 e. The highest BCUT2D eigenvalue weighted by Crippen LogP contribution is 2.00. The highest BCUT2D eigenvalue weighted by molar-refractivity contribution is 5.90. The zero-order valence-corrected chi connectivity index (χ0v) is 9.27. The van der Waals surface area contributed by atoms with Gasteiger partial charge in [0.25, 0.3) is 0 Å². The zero-order chi connectivity index (χ0) is 11.8. The van der Waals surface area contributed by atoms with E-state index in [0.29, 0.717) is 0 Å². The Balaban J connectivity index is 4.11. The molecule has 0 heterocycles. The van der Waals surface area contributed by atoms with Crippen molar-refractivity contribution in [3.8, 4) is 0 Å². The topological polar surface area (TPSA) is 66.8 Å². The first-order chi connectivity index (χ1) is 7.01. The maximum atomic E-state index is 11.1. The number of hydrogen-bond donors (Lipinski definition) is 1. The second-order valence-corrected chi connectivity index (χ2v) is 2.93. The molecule has 0 aromatic heterocycles. The summed E-state index contributed by atoms with van der Waals surface area (Å²) >= 11 is 0. The fourth-order valence-electron chi connectivity index (χ4n) is 1.16. The first kappa shape index (κ1) is 13.6. The maximum Gasteiger partial charge on any atom is 0.332 e. The van der Waals surface area contributed by atoms with Gasteiger partial charge in [0.15, 0.2) is 6.23 Å². The van der Waals surface area contributed by atoms with Crippen LogP contribution in [0.1, 0.15) is 20.8 Å². The van der Waals surface area contributed by atoms with Crippen molar-refractivity contribution in [2.24, 2.45) is 0 Å². The molecule has 1 N–H and O–H groups in total. The van der Waals surface area contributed by atoms with E-state index in [-0.39, 0.29) is 6.23 Å². The van der Waals surface area contributed by atoms with Crippen molar-refractivity contribution < 1.29 is 19.4 Å². The average molecular weight is 215 g/mol. The van der Waals surface area contributed by atoms with E-state index in [4.69, 9.17) is 9.84 Å². The van der Waals surface area contributed by atoms with E-state index in [2.05, 4.69) is 0 Å². The number of carbonyl (C=O) groups excluding carboxylic acids is 1. The lowest BCUT2D eigenvalue weighted by Crippen LogP contribution is -2.35. The fourth-order valence-corrected chi connectivity index (χ4v) is 1.16. The summed E-state index contributed by atoms with van der Waals surface area (Å²) in [4.78, 5) is 23.2. The quantitative estimate of drug-likeness (QED) is 0.404. The van der Waals surface area contributed by atoms with Crippen molar-refractivity contribution in [3.63, 3.8) is 0 Å². The first-order valence-corrected chi connectivity index (χ1v) is 4.86. The van der Waals surface area contributed by atoms with Gasteiger partial charge in [-0.05, 0) is 20.0 Å². The molecule has 1 unspecified atom stereocenters. The normalized spacial score (nSPS) is 13.1. The van der Waals surface area contributed by atoms with Crippen LogP contribution in [0.5, 0.6) is 0 Å². The summed E-state index contributed by atoms with van der Waals surface area (Å²) in [6, 6.07) is 0. The van der Waals surface area contributed by atoms with Crippen molar-refractivity contribution in [2.45, 2.75) is 27.0 Å². The SMILES string of the molecule is CCN(CC)C(C)OC(=O)/C=C/C(=O)O. The van der Waals surface area contributed by atoms with Gasteiger partial charge in [0, 0.05) is 12.2 Å². The van der Waals surface area contributed by atoms with Crippen LogP contribution in [0.4, 0.5) is 0 Å². The molecule has 0 aliphatic heterocycles. The van der Waals surface area contributed by atoms with Crippen molar-refractivity contribution in [2.75, 3.05) is 13.1 Å². The van der Waals surface area contributed by atoms with E-state index >= 15 is 0 Å². The van der Waals surface area contributed by atoms with Gasteiger partial charge in [-0.1, -0.05) is 13.8 Å². The van der Waals surface area contributed by atoms with E-state index in [1.165, 1.54) is 0 Å². The van der Waals surface area contributed by atoms with E-state index in [0.717, 1.165) is 25.2 Å². The molecule has 1 atom stereocenters. The lowest BCUT2D eigenvalue weighted by molar-refractivity contribution is -0.151. The van der Waals surface area contributed by atoms with Gasteiger partial charge in [0.05, 0.1) is 0 Å². The van der Waals surface area contributed by atoms with Crippen LogP contribution in [0, 0.1) is 0 Å². The molecule has 0 amide bonds. The molecule has 86 valence electrons. The molecule has 0 saturated carbocycles. The standard InChI is InChI=1S/C10H17NO4/c1-4-11(5-2)8(3)15-10(14)7-6-9(12)13/h6-8H,4-5H2,1-3H3,(H,12,13)/b7-6+. The molecule has 0 bridgehead atoms. The average Bonchev–Trinajstić information content (AvgIpc) is 2.16. The summed E-state index contributed by atoms with van der Waals surface area (Å²) in [6.45, 7) is 7.21. The monoisotopic (exact) mass is 215 g/mol. The number of hydrogen-bond acceptors (Lipinski definition) is 4. The number of nitrogens with zero attached hydrogens (tertiary/aromatic N) is 1. The van der Waals surface area contributed by atoms with Crippen LogP contribution < -0.4 is 0 Å². The van der Waals surface area contributed by atoms with Crippen LogP contribution in [-0.2, 0) is 14.3 Å². The summed E-state index contributed by atoms with van der Waals surface area (Å²) < 4.78 is 4.98. The third-order valence-electron chi connectivity index (χ3n) is 1.98. The van der Waals surface area contributed by atoms with Crippen LogP contribution in [0.3, 0.4) is 0 Å². The molecule has 0 aromatic rings. The Bertz CT molecular complexity index is 246. The van der Waals surface area contributed by atoms with Gasteiger partial charge in [-0.3, -0.25) is 4.90 Å². The molecule has 0 aliphatic rings. The van der Waals surface area contributed by atoms with Gasteiger partial charge in [0.1, 0.15) is 0 Å². The molecule has 0 aliphatic carbocycles. The number of ether oxygens (including phenoxy) is 1. The highest BCUT2D eigenvalue weighted by atomic mass is 16.6. The Morgan fingerprint density at radius 1 is 1.33 bits per heavy atom. The van der Waals surface area contributed by atoms with Crippen LogP contribution in [0.25, 0.3) is 0 Å². The largest absolute Gasteiger partial charge is 0.478 e. The zero-order valence-electron chi connectivity index (χ0n) is 9.27. The number of rotatable bonds is 6. The molecule has 15 heavy (non-hydrogen) atoms. The van der Waals surface area contributed by atoms with Gasteiger partial charge >= 0.3 is 11.9 Å². The summed E-state index contributed by atoms with van der Waals surface area (Å²) in [5.74, 6) is -1.81. The maximum absolute atomic E-state index is 11.1. The molecular weight excluding hydrogens is 198 g/mol. The number of carboxylic acids is 1. The molecule has 0 saturated heterocycles. The minimum absolute atomic E-state index is 0.342. The lowest BCUT2D eigenvalue weighted by Gasteiger charge is -2.25. The van der Waals surface area contributed by atoms with Crippen LogP contribution in [-0.4, -0.2) is 41.3 Å². The smallest absolute Gasteiger partial charge is 0.332 e. The van der Waals surface area contributed by atoms with Gasteiger partial charge in [-0.2, -0.15) is 0 Å². The predicted octanol–water partition coefficient (Wildman–Crippen LogP) is 0.858. The first-order valence-electron chi connectivity index (χ1n) is 4.86. The summed E-state index contributed by atoms with van der Waals surface area (Å²) in [5, 5.41) is 8.29. The van der Waals surface area contributed by atoms with Gasteiger partial charge in [0.2, 0.25) is 0 Å². The molecule has 0 radical (unpaired) electrons. The van der Waals surface area contributed by atoms with Crippen LogP contribution in [0.15, 0.2) is 12.2 Å². The Hall–Kier alpha value is -1.36. The third kappa shape index (κ3) is 5.85. The molecule has 5 heteroatoms. The number of carbonyl (C=O) groups is 2. The Morgan fingerprint density at radius 2 is 1.87 bits per heavy atom. The van der Waals surface area contributed by atoms with Crippen LogP contribution in [0.2, 0.25) is 0 Å². The van der Waals surface area contributed by atoms with E-state index in [1.54, 1.807) is 6.92 Å². The number of aliphatic carboxylic acids is 1. The van der Waals surface area contributed by atoms with Gasteiger partial charge in [-0.15, -0.1) is 0 Å². The second kappa shape index (κ2) is 7.00. The Kier molecular flexibility index (Phi) is 6.37. The summed E-state index contributed by atoms with van der Waals surface area (Å²) in [7, 11) is 0. The van der Waals surface area contributed by atoms with Gasteiger partial charge < -0.3 is 9.84 Å². The van der Waals surface area contributed by atoms with E-state index in [1.807, 2.05) is 18.7 Å². The van der Waals surface area contributed by atoms with Crippen molar-refractivity contribution in [1.82, 2.24) is 4.90 Å². The number of esters is 1. The van der Waals surface area contributed by atoms with E-state index in [9.17, 15) is 9.59 Å². The van der Waals surface area contributed by atoms with E-state index < -0.39 is 11.9 Å². The van der Waals surface area contributed by atoms with Crippen molar-refractivity contribution in [3.05, 3.63) is 12.2 Å². The molecule has 0 rings (SSSR count). The molecular formula is C10H17NO4. The molecule has 0 spiro atoms. The van der Waals surface area contributed by atoms with Gasteiger partial charge in [-0.25, -0.2) is 9.59 Å². The minimum atomic E-state index is -1.16. The second-order valence-electron chi connectivity index (χ2n) is 2.93. The summed E-state index contributed by atoms with van der Waals surface area (Å²) in [6.07, 6.45) is 1.32. The Morgan fingerprint density at radius 3 is 2.27 bits per heavy atom. The fraction of sp³-hybridized carbons (Fsp3) is 0.600. The molecule has 0 fully saturated rings. The number of carboxylic acid groups (broad SMARTS) is 1. The molecule has 0 aromatic carbocycles. The third-order valence-corrected chi connectivity index (χ3v) is 1.98.